The van der Waals surface area contributed by atoms with E-state index in [4.69, 9.17) is 16.3 Å². The Morgan fingerprint density at radius 1 is 1.44 bits per heavy atom. The first-order valence-electron chi connectivity index (χ1n) is 5.83. The van der Waals surface area contributed by atoms with E-state index in [1.807, 2.05) is 11.0 Å². The van der Waals surface area contributed by atoms with Crippen LogP contribution in [0, 0.1) is 0 Å². The zero-order valence-corrected chi connectivity index (χ0v) is 11.1. The van der Waals surface area contributed by atoms with E-state index in [1.165, 1.54) is 7.11 Å². The number of halogens is 1. The van der Waals surface area contributed by atoms with Gasteiger partial charge in [0.15, 0.2) is 0 Å². The first-order chi connectivity index (χ1) is 8.72. The van der Waals surface area contributed by atoms with Crippen LogP contribution in [0.3, 0.4) is 0 Å². The van der Waals surface area contributed by atoms with Crippen LogP contribution >= 0.6 is 11.6 Å². The van der Waals surface area contributed by atoms with Gasteiger partial charge in [-0.1, -0.05) is 11.6 Å². The van der Waals surface area contributed by atoms with Gasteiger partial charge in [-0.05, 0) is 6.07 Å². The van der Waals surface area contributed by atoms with Gasteiger partial charge in [0.05, 0.1) is 10.7 Å². The minimum absolute atomic E-state index is 0.0398. The molecule has 2 heterocycles. The first kappa shape index (κ1) is 13.1. The standard InChI is InChI=1S/C12H16ClN3O2/c1-18-9-12(17)16-6-4-15(5-7-16)11-2-3-14-8-10(11)13/h2-3,8H,4-7,9H2,1H3. The van der Waals surface area contributed by atoms with Gasteiger partial charge >= 0.3 is 0 Å². The zero-order valence-electron chi connectivity index (χ0n) is 10.3. The summed E-state index contributed by atoms with van der Waals surface area (Å²) < 4.78 is 4.85. The molecule has 1 aromatic rings. The van der Waals surface area contributed by atoms with Crippen molar-refractivity contribution in [2.75, 3.05) is 44.8 Å². The fourth-order valence-electron chi connectivity index (χ4n) is 2.04. The number of anilines is 1. The number of carbonyl (C=O) groups is 1. The molecule has 0 atom stereocenters. The van der Waals surface area contributed by atoms with Crippen LogP contribution in [0.15, 0.2) is 18.5 Å². The second kappa shape index (κ2) is 6.02. The van der Waals surface area contributed by atoms with Crippen LogP contribution in [0.4, 0.5) is 5.69 Å². The molecule has 0 spiro atoms. The Labute approximate surface area is 111 Å². The third kappa shape index (κ3) is 2.91. The number of methoxy groups -OCH3 is 1. The van der Waals surface area contributed by atoms with Gasteiger partial charge < -0.3 is 14.5 Å². The molecule has 1 saturated heterocycles. The minimum atomic E-state index is 0.0398. The van der Waals surface area contributed by atoms with Gasteiger partial charge in [0.1, 0.15) is 6.61 Å². The molecule has 98 valence electrons. The van der Waals surface area contributed by atoms with Gasteiger partial charge in [0.2, 0.25) is 5.91 Å². The van der Waals surface area contributed by atoms with Crippen LogP contribution in [-0.4, -0.2) is 55.7 Å². The summed E-state index contributed by atoms with van der Waals surface area (Å²) in [6, 6.07) is 1.90. The predicted octanol–water partition coefficient (Wildman–Crippen LogP) is 1.03. The van der Waals surface area contributed by atoms with Gasteiger partial charge in [0, 0.05) is 45.7 Å². The van der Waals surface area contributed by atoms with Gasteiger partial charge in [-0.2, -0.15) is 0 Å². The van der Waals surface area contributed by atoms with Crippen LogP contribution in [-0.2, 0) is 9.53 Å². The Morgan fingerprint density at radius 2 is 2.17 bits per heavy atom. The Balaban J connectivity index is 1.95. The number of carbonyl (C=O) groups excluding carboxylic acids is 1. The van der Waals surface area contributed by atoms with E-state index in [2.05, 4.69) is 9.88 Å². The van der Waals surface area contributed by atoms with Crippen molar-refractivity contribution in [2.24, 2.45) is 0 Å². The highest BCUT2D eigenvalue weighted by Crippen LogP contribution is 2.24. The minimum Gasteiger partial charge on any atom is -0.375 e. The topological polar surface area (TPSA) is 45.7 Å². The molecule has 5 nitrogen and oxygen atoms in total. The number of aromatic nitrogens is 1. The lowest BCUT2D eigenvalue weighted by Crippen LogP contribution is -2.49. The number of nitrogens with zero attached hydrogens (tertiary/aromatic N) is 3. The smallest absolute Gasteiger partial charge is 0.248 e. The number of hydrogen-bond acceptors (Lipinski definition) is 4. The van der Waals surface area contributed by atoms with Crippen molar-refractivity contribution in [1.29, 1.82) is 0 Å². The van der Waals surface area contributed by atoms with Crippen molar-refractivity contribution < 1.29 is 9.53 Å². The van der Waals surface area contributed by atoms with E-state index in [0.29, 0.717) is 18.1 Å². The molecule has 1 aliphatic heterocycles. The summed E-state index contributed by atoms with van der Waals surface area (Å²) >= 11 is 6.10. The molecule has 2 rings (SSSR count). The highest BCUT2D eigenvalue weighted by molar-refractivity contribution is 6.33. The predicted molar refractivity (Wildman–Crippen MR) is 69.9 cm³/mol. The van der Waals surface area contributed by atoms with E-state index in [9.17, 15) is 4.79 Å². The summed E-state index contributed by atoms with van der Waals surface area (Å²) in [6.07, 6.45) is 3.36. The van der Waals surface area contributed by atoms with Gasteiger partial charge in [-0.3, -0.25) is 9.78 Å². The number of pyridine rings is 1. The van der Waals surface area contributed by atoms with E-state index in [1.54, 1.807) is 12.4 Å². The molecule has 0 aromatic carbocycles. The van der Waals surface area contributed by atoms with Crippen molar-refractivity contribution in [3.05, 3.63) is 23.5 Å². The fourth-order valence-corrected chi connectivity index (χ4v) is 2.27. The van der Waals surface area contributed by atoms with Crippen molar-refractivity contribution in [2.45, 2.75) is 0 Å². The SMILES string of the molecule is COCC(=O)N1CCN(c2ccncc2Cl)CC1. The summed E-state index contributed by atoms with van der Waals surface area (Å²) in [5.41, 5.74) is 0.977. The van der Waals surface area contributed by atoms with Gasteiger partial charge in [-0.15, -0.1) is 0 Å². The van der Waals surface area contributed by atoms with Crippen LogP contribution in [0.25, 0.3) is 0 Å². The van der Waals surface area contributed by atoms with Gasteiger partial charge in [-0.25, -0.2) is 0 Å². The molecule has 6 heteroatoms. The third-order valence-corrected chi connectivity index (χ3v) is 3.28. The van der Waals surface area contributed by atoms with Crippen molar-refractivity contribution in [1.82, 2.24) is 9.88 Å². The highest BCUT2D eigenvalue weighted by atomic mass is 35.5. The van der Waals surface area contributed by atoms with Crippen LogP contribution in [0.5, 0.6) is 0 Å². The van der Waals surface area contributed by atoms with E-state index >= 15 is 0 Å². The lowest BCUT2D eigenvalue weighted by atomic mass is 10.2. The molecule has 0 aliphatic carbocycles. The molecule has 0 bridgehead atoms. The van der Waals surface area contributed by atoms with Crippen LogP contribution in [0.1, 0.15) is 0 Å². The monoisotopic (exact) mass is 269 g/mol. The normalized spacial score (nSPS) is 15.9. The lowest BCUT2D eigenvalue weighted by Gasteiger charge is -2.36. The maximum atomic E-state index is 11.7. The van der Waals surface area contributed by atoms with Crippen LogP contribution < -0.4 is 4.90 Å². The highest BCUT2D eigenvalue weighted by Gasteiger charge is 2.21. The van der Waals surface area contributed by atoms with E-state index in [0.717, 1.165) is 18.8 Å². The summed E-state index contributed by atoms with van der Waals surface area (Å²) in [7, 11) is 1.53. The zero-order chi connectivity index (χ0) is 13.0. The molecule has 0 N–H and O–H groups in total. The van der Waals surface area contributed by atoms with Crippen molar-refractivity contribution >= 4 is 23.2 Å². The summed E-state index contributed by atoms with van der Waals surface area (Å²) in [6.45, 7) is 3.09. The Hall–Kier alpha value is -1.33. The molecular formula is C12H16ClN3O2. The quantitative estimate of drug-likeness (QED) is 0.822. The molecule has 1 amide bonds. The molecule has 1 aliphatic rings. The largest absolute Gasteiger partial charge is 0.375 e. The molecule has 1 aromatic heterocycles. The van der Waals surface area contributed by atoms with Crippen molar-refractivity contribution in [3.63, 3.8) is 0 Å². The summed E-state index contributed by atoms with van der Waals surface area (Å²) in [5.74, 6) is 0.0398. The second-order valence-corrected chi connectivity index (χ2v) is 4.54. The maximum absolute atomic E-state index is 11.7. The Bertz CT molecular complexity index is 420. The first-order valence-corrected chi connectivity index (χ1v) is 6.21. The fraction of sp³-hybridized carbons (Fsp3) is 0.500. The second-order valence-electron chi connectivity index (χ2n) is 4.13. The average Bonchev–Trinajstić information content (AvgIpc) is 2.40. The molecule has 0 saturated carbocycles. The molecule has 0 unspecified atom stereocenters. The van der Waals surface area contributed by atoms with E-state index < -0.39 is 0 Å². The molecule has 1 fully saturated rings. The number of hydrogen-bond donors (Lipinski definition) is 0. The lowest BCUT2D eigenvalue weighted by molar-refractivity contribution is -0.135. The Morgan fingerprint density at radius 3 is 2.78 bits per heavy atom. The number of amides is 1. The maximum Gasteiger partial charge on any atom is 0.248 e. The Kier molecular flexibility index (Phi) is 4.38. The summed E-state index contributed by atoms with van der Waals surface area (Å²) in [4.78, 5) is 19.6. The summed E-state index contributed by atoms with van der Waals surface area (Å²) in [5, 5.41) is 0.647. The van der Waals surface area contributed by atoms with Crippen LogP contribution in [0.2, 0.25) is 5.02 Å². The average molecular weight is 270 g/mol. The molecule has 0 radical (unpaired) electrons. The van der Waals surface area contributed by atoms with Gasteiger partial charge in [0.25, 0.3) is 0 Å². The number of ether oxygens (including phenoxy) is 1. The number of rotatable bonds is 3. The molecular weight excluding hydrogens is 254 g/mol. The third-order valence-electron chi connectivity index (χ3n) is 2.99. The van der Waals surface area contributed by atoms with E-state index in [-0.39, 0.29) is 12.5 Å². The van der Waals surface area contributed by atoms with Crippen molar-refractivity contribution in [3.8, 4) is 0 Å². The molecule has 18 heavy (non-hydrogen) atoms. The number of piperazine rings is 1.